The lowest BCUT2D eigenvalue weighted by molar-refractivity contribution is 0.527. The molecule has 0 saturated carbocycles. The Morgan fingerprint density at radius 2 is 1.85 bits per heavy atom. The van der Waals surface area contributed by atoms with E-state index in [4.69, 9.17) is 0 Å². The summed E-state index contributed by atoms with van der Waals surface area (Å²) in [7, 11) is 0. The van der Waals surface area contributed by atoms with Crippen LogP contribution in [0, 0.1) is 5.82 Å². The van der Waals surface area contributed by atoms with Gasteiger partial charge >= 0.3 is 0 Å². The molecule has 1 aromatic heterocycles. The van der Waals surface area contributed by atoms with Gasteiger partial charge < -0.3 is 5.32 Å². The lowest BCUT2D eigenvalue weighted by Crippen LogP contribution is -2.28. The Hall–Kier alpha value is -0.710. The van der Waals surface area contributed by atoms with Crippen LogP contribution in [0.15, 0.2) is 40.2 Å². The molecule has 0 radical (unpaired) electrons. The summed E-state index contributed by atoms with van der Waals surface area (Å²) in [6.07, 6.45) is 0.974. The molecule has 0 fully saturated rings. The minimum atomic E-state index is -0.178. The molecule has 0 spiro atoms. The van der Waals surface area contributed by atoms with Crippen molar-refractivity contribution in [2.24, 2.45) is 0 Å². The predicted molar refractivity (Wildman–Crippen MR) is 88.0 cm³/mol. The van der Waals surface area contributed by atoms with Gasteiger partial charge in [-0.3, -0.25) is 0 Å². The van der Waals surface area contributed by atoms with Gasteiger partial charge in [0.2, 0.25) is 0 Å². The Labute approximate surface area is 132 Å². The average molecular weight is 356 g/mol. The zero-order valence-corrected chi connectivity index (χ0v) is 14.1. The third-order valence-electron chi connectivity index (χ3n) is 3.19. The first-order valence-corrected chi connectivity index (χ1v) is 8.38. The average Bonchev–Trinajstić information content (AvgIpc) is 2.81. The highest BCUT2D eigenvalue weighted by Crippen LogP contribution is 2.28. The molecule has 1 aromatic carbocycles. The maximum atomic E-state index is 13.1. The summed E-state index contributed by atoms with van der Waals surface area (Å²) in [5, 5.41) is 3.48. The van der Waals surface area contributed by atoms with Gasteiger partial charge in [-0.15, -0.1) is 11.3 Å². The Morgan fingerprint density at radius 1 is 1.15 bits per heavy atom. The van der Waals surface area contributed by atoms with Crippen LogP contribution in [0.2, 0.25) is 0 Å². The molecule has 0 aliphatic rings. The zero-order chi connectivity index (χ0) is 14.5. The third-order valence-corrected chi connectivity index (χ3v) is 4.84. The summed E-state index contributed by atoms with van der Waals surface area (Å²) in [6, 6.07) is 11.6. The SMILES string of the molecule is CC(C)NCC(Cc1ccc(Br)s1)c1ccc(F)cc1. The number of rotatable bonds is 6. The molecule has 0 amide bonds. The molecular formula is C16H19BrFNS. The summed E-state index contributed by atoms with van der Waals surface area (Å²) < 4.78 is 14.2. The van der Waals surface area contributed by atoms with Crippen molar-refractivity contribution in [1.82, 2.24) is 5.32 Å². The van der Waals surface area contributed by atoms with Crippen molar-refractivity contribution in [3.8, 4) is 0 Å². The van der Waals surface area contributed by atoms with Crippen LogP contribution in [0.1, 0.15) is 30.2 Å². The Morgan fingerprint density at radius 3 is 2.40 bits per heavy atom. The van der Waals surface area contributed by atoms with Crippen LogP contribution in [-0.4, -0.2) is 12.6 Å². The van der Waals surface area contributed by atoms with E-state index in [9.17, 15) is 4.39 Å². The van der Waals surface area contributed by atoms with Gasteiger partial charge in [0.15, 0.2) is 0 Å². The minimum Gasteiger partial charge on any atom is -0.314 e. The highest BCUT2D eigenvalue weighted by atomic mass is 79.9. The Balaban J connectivity index is 2.13. The molecule has 0 saturated heterocycles. The highest BCUT2D eigenvalue weighted by Gasteiger charge is 2.14. The molecule has 2 rings (SSSR count). The largest absolute Gasteiger partial charge is 0.314 e. The van der Waals surface area contributed by atoms with Crippen molar-refractivity contribution in [2.45, 2.75) is 32.2 Å². The third kappa shape index (κ3) is 4.69. The fraction of sp³-hybridized carbons (Fsp3) is 0.375. The quantitative estimate of drug-likeness (QED) is 0.770. The van der Waals surface area contributed by atoms with Crippen molar-refractivity contribution in [3.05, 3.63) is 56.4 Å². The van der Waals surface area contributed by atoms with Gasteiger partial charge in [0.1, 0.15) is 5.82 Å². The second-order valence-electron chi connectivity index (χ2n) is 5.22. The normalized spacial score (nSPS) is 12.8. The molecule has 1 atom stereocenters. The molecule has 0 bridgehead atoms. The van der Waals surface area contributed by atoms with Crippen molar-refractivity contribution >= 4 is 27.3 Å². The summed E-state index contributed by atoms with van der Waals surface area (Å²) in [5.41, 5.74) is 1.18. The van der Waals surface area contributed by atoms with Crippen molar-refractivity contribution in [1.29, 1.82) is 0 Å². The topological polar surface area (TPSA) is 12.0 Å². The van der Waals surface area contributed by atoms with Crippen LogP contribution >= 0.6 is 27.3 Å². The second-order valence-corrected chi connectivity index (χ2v) is 7.77. The van der Waals surface area contributed by atoms with E-state index in [1.807, 2.05) is 12.1 Å². The molecule has 4 heteroatoms. The van der Waals surface area contributed by atoms with E-state index >= 15 is 0 Å². The number of thiophene rings is 1. The number of halogens is 2. The van der Waals surface area contributed by atoms with Crippen LogP contribution in [0.5, 0.6) is 0 Å². The standard InChI is InChI=1S/C16H19BrFNS/c1-11(2)19-10-13(9-15-7-8-16(17)20-15)12-3-5-14(18)6-4-12/h3-8,11,13,19H,9-10H2,1-2H3. The first kappa shape index (κ1) is 15.7. The number of nitrogens with one attached hydrogen (secondary N) is 1. The fourth-order valence-electron chi connectivity index (χ4n) is 2.13. The monoisotopic (exact) mass is 355 g/mol. The first-order valence-electron chi connectivity index (χ1n) is 6.77. The van der Waals surface area contributed by atoms with E-state index < -0.39 is 0 Å². The van der Waals surface area contributed by atoms with E-state index in [-0.39, 0.29) is 5.82 Å². The second kappa shape index (κ2) is 7.34. The summed E-state index contributed by atoms with van der Waals surface area (Å²) >= 11 is 5.27. The summed E-state index contributed by atoms with van der Waals surface area (Å²) in [4.78, 5) is 1.34. The molecular weight excluding hydrogens is 337 g/mol. The van der Waals surface area contributed by atoms with Gasteiger partial charge in [-0.25, -0.2) is 4.39 Å². The van der Waals surface area contributed by atoms with Crippen molar-refractivity contribution in [3.63, 3.8) is 0 Å². The summed E-state index contributed by atoms with van der Waals surface area (Å²) in [5.74, 6) is 0.187. The molecule has 108 valence electrons. The van der Waals surface area contributed by atoms with E-state index in [1.54, 1.807) is 23.5 Å². The maximum Gasteiger partial charge on any atom is 0.123 e. The van der Waals surface area contributed by atoms with Gasteiger partial charge in [0.05, 0.1) is 3.79 Å². The number of hydrogen-bond acceptors (Lipinski definition) is 2. The molecule has 0 aliphatic heterocycles. The van der Waals surface area contributed by atoms with Crippen LogP contribution in [0.4, 0.5) is 4.39 Å². The van der Waals surface area contributed by atoms with Crippen molar-refractivity contribution in [2.75, 3.05) is 6.54 Å². The Kier molecular flexibility index (Phi) is 5.75. The van der Waals surface area contributed by atoms with Crippen LogP contribution in [-0.2, 0) is 6.42 Å². The Bertz CT molecular complexity index is 536. The lowest BCUT2D eigenvalue weighted by atomic mass is 9.94. The van der Waals surface area contributed by atoms with Gasteiger partial charge in [-0.1, -0.05) is 26.0 Å². The maximum absolute atomic E-state index is 13.1. The molecule has 1 heterocycles. The predicted octanol–water partition coefficient (Wildman–Crippen LogP) is 4.97. The zero-order valence-electron chi connectivity index (χ0n) is 11.7. The highest BCUT2D eigenvalue weighted by molar-refractivity contribution is 9.11. The van der Waals surface area contributed by atoms with E-state index in [1.165, 1.54) is 10.4 Å². The molecule has 2 aromatic rings. The molecule has 1 nitrogen and oxygen atoms in total. The minimum absolute atomic E-state index is 0.178. The van der Waals surface area contributed by atoms with E-state index in [0.717, 1.165) is 16.8 Å². The molecule has 1 N–H and O–H groups in total. The number of benzene rings is 1. The lowest BCUT2D eigenvalue weighted by Gasteiger charge is -2.19. The van der Waals surface area contributed by atoms with Gasteiger partial charge in [0, 0.05) is 23.4 Å². The van der Waals surface area contributed by atoms with E-state index in [0.29, 0.717) is 12.0 Å². The van der Waals surface area contributed by atoms with Crippen LogP contribution in [0.3, 0.4) is 0 Å². The van der Waals surface area contributed by atoms with Gasteiger partial charge in [-0.05, 0) is 52.2 Å². The molecule has 1 unspecified atom stereocenters. The first-order chi connectivity index (χ1) is 9.54. The molecule has 0 aliphatic carbocycles. The van der Waals surface area contributed by atoms with Crippen LogP contribution < -0.4 is 5.32 Å². The van der Waals surface area contributed by atoms with Gasteiger partial charge in [0.25, 0.3) is 0 Å². The van der Waals surface area contributed by atoms with E-state index in [2.05, 4.69) is 47.2 Å². The van der Waals surface area contributed by atoms with Crippen LogP contribution in [0.25, 0.3) is 0 Å². The van der Waals surface area contributed by atoms with Crippen molar-refractivity contribution < 1.29 is 4.39 Å². The smallest absolute Gasteiger partial charge is 0.123 e. The molecule has 20 heavy (non-hydrogen) atoms. The fourth-order valence-corrected chi connectivity index (χ4v) is 3.69. The number of hydrogen-bond donors (Lipinski definition) is 1. The summed E-state index contributed by atoms with van der Waals surface area (Å²) in [6.45, 7) is 5.19. The van der Waals surface area contributed by atoms with Gasteiger partial charge in [-0.2, -0.15) is 0 Å².